The molecule has 188 valence electrons. The number of thioether (sulfide) groups is 1. The monoisotopic (exact) mass is 509 g/mol. The van der Waals surface area contributed by atoms with Crippen molar-refractivity contribution >= 4 is 34.5 Å². The Morgan fingerprint density at radius 3 is 2.92 bits per heavy atom. The minimum atomic E-state index is -0.365. The summed E-state index contributed by atoms with van der Waals surface area (Å²) in [7, 11) is 1.54. The van der Waals surface area contributed by atoms with Gasteiger partial charge in [-0.2, -0.15) is 0 Å². The molecule has 1 amide bonds. The standard InChI is InChI=1S/C24H22FN5O3S.C2H6/c1-32-21-5-3-17-22(30-21)14(16(25)10-27-17)6-7-24-8-15(24)18(11-33-24)26-9-13-2-4-19-23(28-13)29-20(31)12-34-19;1-2/h2-5,10,26H,6-9,11-12H2,1H3,(H,28,29,31);1-2H3. The van der Waals surface area contributed by atoms with Gasteiger partial charge in [-0.1, -0.05) is 13.8 Å². The van der Waals surface area contributed by atoms with Crippen LogP contribution in [0.4, 0.5) is 10.2 Å². The van der Waals surface area contributed by atoms with E-state index in [0.717, 1.165) is 22.7 Å². The first kappa shape index (κ1) is 24.5. The molecule has 36 heavy (non-hydrogen) atoms. The maximum Gasteiger partial charge on any atom is 0.235 e. The molecule has 1 aliphatic carbocycles. The van der Waals surface area contributed by atoms with Crippen molar-refractivity contribution in [3.8, 4) is 5.88 Å². The lowest BCUT2D eigenvalue weighted by molar-refractivity contribution is -0.113. The fourth-order valence-electron chi connectivity index (χ4n) is 4.58. The molecule has 0 radical (unpaired) electrons. The Kier molecular flexibility index (Phi) is 6.81. The Morgan fingerprint density at radius 2 is 2.11 bits per heavy atom. The first-order valence-electron chi connectivity index (χ1n) is 12.1. The summed E-state index contributed by atoms with van der Waals surface area (Å²) in [6.45, 7) is 5.04. The highest BCUT2D eigenvalue weighted by molar-refractivity contribution is 8.00. The lowest BCUT2D eigenvalue weighted by Gasteiger charge is -2.16. The molecule has 1 saturated carbocycles. The van der Waals surface area contributed by atoms with E-state index < -0.39 is 0 Å². The highest BCUT2D eigenvalue weighted by Crippen LogP contribution is 2.55. The number of nitrogens with zero attached hydrogens (tertiary/aromatic N) is 3. The molecule has 6 rings (SSSR count). The summed E-state index contributed by atoms with van der Waals surface area (Å²) in [6.07, 6.45) is 3.25. The quantitative estimate of drug-likeness (QED) is 0.484. The van der Waals surface area contributed by atoms with E-state index in [1.807, 2.05) is 26.0 Å². The van der Waals surface area contributed by atoms with Gasteiger partial charge in [0.25, 0.3) is 0 Å². The molecule has 0 spiro atoms. The van der Waals surface area contributed by atoms with Crippen molar-refractivity contribution in [2.45, 2.75) is 50.2 Å². The normalized spacial score (nSPS) is 19.7. The molecule has 2 aliphatic heterocycles. The molecule has 2 N–H and O–H groups in total. The molecule has 8 nitrogen and oxygen atoms in total. The topological polar surface area (TPSA) is 98.3 Å². The number of ether oxygens (including phenoxy) is 2. The molecular weight excluding hydrogens is 481 g/mol. The van der Waals surface area contributed by atoms with Crippen LogP contribution in [0.25, 0.3) is 11.0 Å². The molecular formula is C26H28FN5O3S. The van der Waals surface area contributed by atoms with E-state index in [0.29, 0.717) is 60.0 Å². The number of anilines is 1. The van der Waals surface area contributed by atoms with Gasteiger partial charge >= 0.3 is 0 Å². The van der Waals surface area contributed by atoms with E-state index in [-0.39, 0.29) is 17.3 Å². The number of fused-ring (bicyclic) bond motifs is 3. The summed E-state index contributed by atoms with van der Waals surface area (Å²) in [6, 6.07) is 7.47. The molecule has 1 atom stereocenters. The van der Waals surface area contributed by atoms with Gasteiger partial charge in [0.2, 0.25) is 11.8 Å². The Bertz CT molecular complexity index is 1360. The zero-order valence-corrected chi connectivity index (χ0v) is 21.3. The zero-order chi connectivity index (χ0) is 25.3. The Labute approximate surface area is 213 Å². The third-order valence-corrected chi connectivity index (χ3v) is 7.53. The van der Waals surface area contributed by atoms with Crippen molar-refractivity contribution in [1.29, 1.82) is 0 Å². The van der Waals surface area contributed by atoms with E-state index in [4.69, 9.17) is 9.47 Å². The first-order chi connectivity index (χ1) is 17.5. The number of carbonyl (C=O) groups is 1. The van der Waals surface area contributed by atoms with Gasteiger partial charge in [-0.3, -0.25) is 9.78 Å². The Morgan fingerprint density at radius 1 is 1.25 bits per heavy atom. The number of amides is 1. The lowest BCUT2D eigenvalue weighted by Crippen LogP contribution is -2.21. The number of methoxy groups -OCH3 is 1. The SMILES string of the molecule is CC.COc1ccc2ncc(F)c(CCC34CC3=C(NCc3ccc5c(n3)NC(=O)CS5)CO4)c2n1. The second-order valence-corrected chi connectivity index (χ2v) is 9.58. The number of halogens is 1. The van der Waals surface area contributed by atoms with Crippen LogP contribution < -0.4 is 15.4 Å². The number of hydrogen-bond donors (Lipinski definition) is 2. The summed E-state index contributed by atoms with van der Waals surface area (Å²) >= 11 is 1.50. The summed E-state index contributed by atoms with van der Waals surface area (Å²) < 4.78 is 26.0. The third kappa shape index (κ3) is 4.62. The maximum atomic E-state index is 14.7. The van der Waals surface area contributed by atoms with Crippen molar-refractivity contribution in [1.82, 2.24) is 20.3 Å². The number of aryl methyl sites for hydroxylation is 1. The van der Waals surface area contributed by atoms with Crippen LogP contribution in [0.5, 0.6) is 5.88 Å². The van der Waals surface area contributed by atoms with Crippen LogP contribution in [-0.4, -0.2) is 45.9 Å². The number of carbonyl (C=O) groups excluding carboxylic acids is 1. The van der Waals surface area contributed by atoms with Gasteiger partial charge in [0.05, 0.1) is 59.4 Å². The minimum Gasteiger partial charge on any atom is -0.481 e. The lowest BCUT2D eigenvalue weighted by atomic mass is 10.0. The van der Waals surface area contributed by atoms with Crippen LogP contribution in [-0.2, 0) is 22.5 Å². The van der Waals surface area contributed by atoms with Gasteiger partial charge in [-0.25, -0.2) is 14.4 Å². The Hall–Kier alpha value is -3.24. The molecule has 3 aromatic heterocycles. The van der Waals surface area contributed by atoms with Gasteiger partial charge < -0.3 is 20.1 Å². The number of nitrogens with one attached hydrogen (secondary N) is 2. The molecule has 3 aliphatic rings. The highest BCUT2D eigenvalue weighted by atomic mass is 32.2. The fraction of sp³-hybridized carbons (Fsp3) is 0.385. The van der Waals surface area contributed by atoms with Crippen molar-refractivity contribution in [3.63, 3.8) is 0 Å². The van der Waals surface area contributed by atoms with Gasteiger partial charge in [-0.15, -0.1) is 11.8 Å². The number of hydrogen-bond acceptors (Lipinski definition) is 8. The molecule has 0 saturated heterocycles. The number of pyridine rings is 3. The summed E-state index contributed by atoms with van der Waals surface area (Å²) in [5, 5.41) is 6.27. The van der Waals surface area contributed by atoms with E-state index in [1.54, 1.807) is 12.1 Å². The second-order valence-electron chi connectivity index (χ2n) is 8.56. The highest BCUT2D eigenvalue weighted by Gasteiger charge is 2.55. The van der Waals surface area contributed by atoms with Gasteiger partial charge in [0, 0.05) is 23.7 Å². The fourth-order valence-corrected chi connectivity index (χ4v) is 5.34. The first-order valence-corrected chi connectivity index (χ1v) is 13.0. The van der Waals surface area contributed by atoms with Crippen LogP contribution in [0.2, 0.25) is 0 Å². The van der Waals surface area contributed by atoms with Crippen LogP contribution >= 0.6 is 11.8 Å². The van der Waals surface area contributed by atoms with Gasteiger partial charge in [-0.05, 0) is 36.6 Å². The average Bonchev–Trinajstić information content (AvgIpc) is 3.52. The summed E-state index contributed by atoms with van der Waals surface area (Å²) in [5.41, 5.74) is 4.52. The number of aromatic nitrogens is 3. The largest absolute Gasteiger partial charge is 0.481 e. The number of rotatable bonds is 7. The predicted octanol–water partition coefficient (Wildman–Crippen LogP) is 4.39. The Balaban J connectivity index is 0.00000130. The van der Waals surface area contributed by atoms with E-state index >= 15 is 0 Å². The molecule has 5 heterocycles. The van der Waals surface area contributed by atoms with E-state index in [9.17, 15) is 9.18 Å². The summed E-state index contributed by atoms with van der Waals surface area (Å²) in [5.74, 6) is 1.09. The maximum absolute atomic E-state index is 14.7. The van der Waals surface area contributed by atoms with E-state index in [2.05, 4.69) is 25.6 Å². The average molecular weight is 510 g/mol. The molecule has 0 bridgehead atoms. The predicted molar refractivity (Wildman–Crippen MR) is 136 cm³/mol. The third-order valence-electron chi connectivity index (χ3n) is 6.49. The molecule has 0 aromatic carbocycles. The van der Waals surface area contributed by atoms with Crippen molar-refractivity contribution < 1.29 is 18.7 Å². The van der Waals surface area contributed by atoms with Crippen LogP contribution in [0.3, 0.4) is 0 Å². The molecule has 1 unspecified atom stereocenters. The van der Waals surface area contributed by atoms with Crippen molar-refractivity contribution in [3.05, 3.63) is 58.8 Å². The molecule has 10 heteroatoms. The van der Waals surface area contributed by atoms with Crippen LogP contribution in [0.1, 0.15) is 37.9 Å². The second kappa shape index (κ2) is 10.0. The smallest absolute Gasteiger partial charge is 0.235 e. The van der Waals surface area contributed by atoms with Crippen molar-refractivity contribution in [2.75, 3.05) is 24.8 Å². The minimum absolute atomic E-state index is 0.0287. The van der Waals surface area contributed by atoms with Crippen LogP contribution in [0.15, 0.2) is 46.6 Å². The van der Waals surface area contributed by atoms with Gasteiger partial charge in [0.1, 0.15) is 11.6 Å². The van der Waals surface area contributed by atoms with Crippen molar-refractivity contribution in [2.24, 2.45) is 0 Å². The zero-order valence-electron chi connectivity index (χ0n) is 20.5. The van der Waals surface area contributed by atoms with Crippen LogP contribution in [0, 0.1) is 5.82 Å². The summed E-state index contributed by atoms with van der Waals surface area (Å²) in [4.78, 5) is 25.8. The van der Waals surface area contributed by atoms with Gasteiger partial charge in [0.15, 0.2) is 0 Å². The molecule has 1 fully saturated rings. The molecule has 3 aromatic rings. The van der Waals surface area contributed by atoms with E-state index in [1.165, 1.54) is 30.6 Å².